The van der Waals surface area contributed by atoms with Crippen LogP contribution in [-0.4, -0.2) is 23.2 Å². The van der Waals surface area contributed by atoms with Crippen molar-refractivity contribution in [2.24, 2.45) is 0 Å². The van der Waals surface area contributed by atoms with Gasteiger partial charge < -0.3 is 10.1 Å². The Hall–Kier alpha value is -1.30. The fourth-order valence-corrected chi connectivity index (χ4v) is 2.63. The molecule has 1 aromatic heterocycles. The maximum atomic E-state index is 12.4. The van der Waals surface area contributed by atoms with E-state index >= 15 is 0 Å². The number of aromatic nitrogens is 1. The van der Waals surface area contributed by atoms with Gasteiger partial charge >= 0.3 is 6.18 Å². The second-order valence-electron chi connectivity index (χ2n) is 4.79. The predicted molar refractivity (Wildman–Crippen MR) is 59.2 cm³/mol. The van der Waals surface area contributed by atoms with Gasteiger partial charge in [-0.1, -0.05) is 0 Å². The molecule has 2 bridgehead atoms. The van der Waals surface area contributed by atoms with Gasteiger partial charge in [0.1, 0.15) is 5.82 Å². The molecule has 3 rings (SSSR count). The second kappa shape index (κ2) is 4.12. The molecule has 2 aliphatic rings. The van der Waals surface area contributed by atoms with E-state index in [-0.39, 0.29) is 12.1 Å². The van der Waals surface area contributed by atoms with Crippen LogP contribution in [-0.2, 0) is 10.9 Å². The van der Waals surface area contributed by atoms with Crippen LogP contribution in [0.1, 0.15) is 24.8 Å². The molecule has 2 fully saturated rings. The molecule has 1 N–H and O–H groups in total. The van der Waals surface area contributed by atoms with Crippen LogP contribution in [0.15, 0.2) is 18.3 Å². The summed E-state index contributed by atoms with van der Waals surface area (Å²) in [5.41, 5.74) is -0.725. The van der Waals surface area contributed by atoms with E-state index in [0.29, 0.717) is 11.9 Å². The maximum Gasteiger partial charge on any atom is 0.417 e. The highest BCUT2D eigenvalue weighted by atomic mass is 19.4. The summed E-state index contributed by atoms with van der Waals surface area (Å²) in [6.45, 7) is 0. The second-order valence-corrected chi connectivity index (χ2v) is 4.79. The van der Waals surface area contributed by atoms with Gasteiger partial charge in [-0.2, -0.15) is 13.2 Å². The number of alkyl halides is 3. The summed E-state index contributed by atoms with van der Waals surface area (Å²) in [7, 11) is 0. The first-order valence-electron chi connectivity index (χ1n) is 5.97. The quantitative estimate of drug-likeness (QED) is 0.885. The van der Waals surface area contributed by atoms with Crippen molar-refractivity contribution in [1.82, 2.24) is 4.98 Å². The number of fused-ring (bicyclic) bond motifs is 2. The number of nitrogens with zero attached hydrogens (tertiary/aromatic N) is 1. The molecule has 1 aromatic rings. The first-order valence-corrected chi connectivity index (χ1v) is 5.97. The summed E-state index contributed by atoms with van der Waals surface area (Å²) >= 11 is 0. The molecule has 0 saturated carbocycles. The monoisotopic (exact) mass is 258 g/mol. The molecular weight excluding hydrogens is 245 g/mol. The number of ether oxygens (including phenoxy) is 1. The Bertz CT molecular complexity index is 432. The average Bonchev–Trinajstić information content (AvgIpc) is 2.90. The average molecular weight is 258 g/mol. The van der Waals surface area contributed by atoms with Crippen LogP contribution >= 0.6 is 0 Å². The van der Waals surface area contributed by atoms with Crippen LogP contribution in [0.4, 0.5) is 19.0 Å². The molecule has 0 amide bonds. The number of rotatable bonds is 2. The number of halogens is 3. The number of nitrogens with one attached hydrogen (secondary N) is 1. The normalized spacial score (nSPS) is 30.7. The molecule has 0 aliphatic carbocycles. The third-order valence-corrected chi connectivity index (χ3v) is 3.53. The first kappa shape index (κ1) is 11.8. The molecule has 3 heterocycles. The molecule has 2 saturated heterocycles. The largest absolute Gasteiger partial charge is 0.417 e. The van der Waals surface area contributed by atoms with Crippen molar-refractivity contribution in [1.29, 1.82) is 0 Å². The van der Waals surface area contributed by atoms with Gasteiger partial charge in [-0.05, 0) is 31.4 Å². The van der Waals surface area contributed by atoms with Crippen molar-refractivity contribution in [3.05, 3.63) is 23.9 Å². The predicted octanol–water partition coefficient (Wildman–Crippen LogP) is 2.83. The van der Waals surface area contributed by atoms with Gasteiger partial charge in [0.05, 0.1) is 23.8 Å². The summed E-state index contributed by atoms with van der Waals surface area (Å²) in [5, 5.41) is 3.15. The minimum Gasteiger partial charge on any atom is -0.373 e. The lowest BCUT2D eigenvalue weighted by molar-refractivity contribution is -0.137. The summed E-state index contributed by atoms with van der Waals surface area (Å²) in [4.78, 5) is 3.81. The van der Waals surface area contributed by atoms with Crippen LogP contribution in [0.25, 0.3) is 0 Å². The molecule has 3 nitrogen and oxygen atoms in total. The zero-order chi connectivity index (χ0) is 12.8. The van der Waals surface area contributed by atoms with E-state index in [1.165, 1.54) is 6.07 Å². The molecule has 0 spiro atoms. The zero-order valence-corrected chi connectivity index (χ0v) is 9.57. The third-order valence-electron chi connectivity index (χ3n) is 3.53. The van der Waals surface area contributed by atoms with Crippen LogP contribution in [0.2, 0.25) is 0 Å². The van der Waals surface area contributed by atoms with Crippen molar-refractivity contribution >= 4 is 5.82 Å². The summed E-state index contributed by atoms with van der Waals surface area (Å²) < 4.78 is 42.8. The minimum absolute atomic E-state index is 0.174. The SMILES string of the molecule is FC(F)(F)c1ccc(NC2CC3CCC2O3)nc1. The van der Waals surface area contributed by atoms with Gasteiger partial charge in [0, 0.05) is 6.20 Å². The smallest absolute Gasteiger partial charge is 0.373 e. The first-order chi connectivity index (χ1) is 8.52. The van der Waals surface area contributed by atoms with E-state index in [4.69, 9.17) is 4.74 Å². The van der Waals surface area contributed by atoms with Gasteiger partial charge in [0.2, 0.25) is 0 Å². The summed E-state index contributed by atoms with van der Waals surface area (Å²) in [6, 6.07) is 2.59. The lowest BCUT2D eigenvalue weighted by Crippen LogP contribution is -2.30. The molecule has 3 atom stereocenters. The van der Waals surface area contributed by atoms with Crippen molar-refractivity contribution in [3.63, 3.8) is 0 Å². The maximum absolute atomic E-state index is 12.4. The van der Waals surface area contributed by atoms with Gasteiger partial charge in [-0.25, -0.2) is 4.98 Å². The fraction of sp³-hybridized carbons (Fsp3) is 0.583. The number of anilines is 1. The molecular formula is C12H13F3N2O. The number of pyridine rings is 1. The van der Waals surface area contributed by atoms with E-state index in [1.807, 2.05) is 0 Å². The standard InChI is InChI=1S/C12H13F3N2O/c13-12(14,15)7-1-4-11(16-6-7)17-9-5-8-2-3-10(9)18-8/h1,4,6,8-10H,2-3,5H2,(H,16,17). The number of hydrogen-bond acceptors (Lipinski definition) is 3. The highest BCUT2D eigenvalue weighted by Gasteiger charge is 2.40. The van der Waals surface area contributed by atoms with Crippen LogP contribution in [0.5, 0.6) is 0 Å². The summed E-state index contributed by atoms with van der Waals surface area (Å²) in [6.07, 6.45) is 0.0259. The number of hydrogen-bond donors (Lipinski definition) is 1. The molecule has 18 heavy (non-hydrogen) atoms. The Morgan fingerprint density at radius 1 is 1.28 bits per heavy atom. The Kier molecular flexibility index (Phi) is 2.69. The zero-order valence-electron chi connectivity index (χ0n) is 9.57. The van der Waals surface area contributed by atoms with Gasteiger partial charge in [0.25, 0.3) is 0 Å². The van der Waals surface area contributed by atoms with E-state index in [2.05, 4.69) is 10.3 Å². The van der Waals surface area contributed by atoms with E-state index in [1.54, 1.807) is 0 Å². The van der Waals surface area contributed by atoms with Crippen molar-refractivity contribution in [2.45, 2.75) is 43.7 Å². The third kappa shape index (κ3) is 2.16. The van der Waals surface area contributed by atoms with Crippen LogP contribution in [0, 0.1) is 0 Å². The van der Waals surface area contributed by atoms with Crippen molar-refractivity contribution < 1.29 is 17.9 Å². The van der Waals surface area contributed by atoms with E-state index in [9.17, 15) is 13.2 Å². The molecule has 3 unspecified atom stereocenters. The minimum atomic E-state index is -4.33. The van der Waals surface area contributed by atoms with Gasteiger partial charge in [-0.3, -0.25) is 0 Å². The van der Waals surface area contributed by atoms with Crippen LogP contribution < -0.4 is 5.32 Å². The topological polar surface area (TPSA) is 34.1 Å². The Balaban J connectivity index is 1.67. The fourth-order valence-electron chi connectivity index (χ4n) is 2.63. The molecule has 6 heteroatoms. The highest BCUT2D eigenvalue weighted by molar-refractivity contribution is 5.38. The highest BCUT2D eigenvalue weighted by Crippen LogP contribution is 2.36. The summed E-state index contributed by atoms with van der Waals surface area (Å²) in [5.74, 6) is 0.476. The molecule has 2 aliphatic heterocycles. The molecule has 0 aromatic carbocycles. The lowest BCUT2D eigenvalue weighted by atomic mass is 9.95. The molecule has 98 valence electrons. The van der Waals surface area contributed by atoms with Crippen LogP contribution in [0.3, 0.4) is 0 Å². The lowest BCUT2D eigenvalue weighted by Gasteiger charge is -2.20. The Morgan fingerprint density at radius 2 is 2.11 bits per heavy atom. The van der Waals surface area contributed by atoms with Gasteiger partial charge in [-0.15, -0.1) is 0 Å². The van der Waals surface area contributed by atoms with Crippen molar-refractivity contribution in [2.75, 3.05) is 5.32 Å². The van der Waals surface area contributed by atoms with E-state index < -0.39 is 11.7 Å². The van der Waals surface area contributed by atoms with Gasteiger partial charge in [0.15, 0.2) is 0 Å². The molecule has 0 radical (unpaired) electrons. The Morgan fingerprint density at radius 3 is 2.61 bits per heavy atom. The van der Waals surface area contributed by atoms with Crippen molar-refractivity contribution in [3.8, 4) is 0 Å². The Labute approximate surface area is 102 Å². The van der Waals surface area contributed by atoms with E-state index in [0.717, 1.165) is 31.5 Å².